The minimum Gasteiger partial charge on any atom is -0.460 e. The summed E-state index contributed by atoms with van der Waals surface area (Å²) in [6.07, 6.45) is 3.76. The molecule has 0 unspecified atom stereocenters. The van der Waals surface area contributed by atoms with Gasteiger partial charge in [-0.05, 0) is 45.7 Å². The summed E-state index contributed by atoms with van der Waals surface area (Å²) in [4.78, 5) is 33.1. The molecule has 0 fully saturated rings. The molecular formula is C19H27NO7. The highest BCUT2D eigenvalue weighted by atomic mass is 16.7. The number of nitrogens with zero attached hydrogens (tertiary/aromatic N) is 1. The summed E-state index contributed by atoms with van der Waals surface area (Å²) >= 11 is 0. The van der Waals surface area contributed by atoms with Gasteiger partial charge in [-0.25, -0.2) is 4.79 Å². The predicted octanol–water partition coefficient (Wildman–Crippen LogP) is 4.79. The van der Waals surface area contributed by atoms with E-state index in [2.05, 4.69) is 0 Å². The van der Waals surface area contributed by atoms with E-state index in [0.29, 0.717) is 12.8 Å². The van der Waals surface area contributed by atoms with Crippen LogP contribution in [0.2, 0.25) is 0 Å². The number of benzene rings is 1. The number of esters is 1. The van der Waals surface area contributed by atoms with Crippen molar-refractivity contribution in [1.29, 1.82) is 0 Å². The number of nitro benzene ring substituents is 1. The average molecular weight is 381 g/mol. The molecule has 0 N–H and O–H groups in total. The van der Waals surface area contributed by atoms with Crippen LogP contribution in [-0.2, 0) is 14.3 Å². The molecule has 8 nitrogen and oxygen atoms in total. The number of nitro groups is 1. The molecule has 0 atom stereocenters. The van der Waals surface area contributed by atoms with Crippen molar-refractivity contribution in [3.63, 3.8) is 0 Å². The molecule has 0 spiro atoms. The van der Waals surface area contributed by atoms with Crippen LogP contribution >= 0.6 is 0 Å². The third-order valence-electron chi connectivity index (χ3n) is 3.41. The van der Waals surface area contributed by atoms with Gasteiger partial charge in [-0.1, -0.05) is 19.3 Å². The maximum atomic E-state index is 11.5. The largest absolute Gasteiger partial charge is 0.513 e. The zero-order valence-electron chi connectivity index (χ0n) is 16.1. The maximum absolute atomic E-state index is 11.5. The van der Waals surface area contributed by atoms with Gasteiger partial charge in [0.15, 0.2) is 0 Å². The molecule has 0 aromatic heterocycles. The summed E-state index contributed by atoms with van der Waals surface area (Å²) in [5, 5.41) is 10.5. The van der Waals surface area contributed by atoms with E-state index >= 15 is 0 Å². The van der Waals surface area contributed by atoms with E-state index in [9.17, 15) is 19.7 Å². The Morgan fingerprint density at radius 1 is 1.00 bits per heavy atom. The molecule has 0 heterocycles. The van der Waals surface area contributed by atoms with Crippen molar-refractivity contribution in [1.82, 2.24) is 0 Å². The molecular weight excluding hydrogens is 354 g/mol. The Morgan fingerprint density at radius 3 is 2.19 bits per heavy atom. The summed E-state index contributed by atoms with van der Waals surface area (Å²) in [5.41, 5.74) is -0.528. The zero-order chi connectivity index (χ0) is 20.3. The van der Waals surface area contributed by atoms with Crippen LogP contribution < -0.4 is 4.74 Å². The van der Waals surface area contributed by atoms with Crippen LogP contribution in [0.1, 0.15) is 59.3 Å². The van der Waals surface area contributed by atoms with E-state index in [1.807, 2.05) is 20.8 Å². The van der Waals surface area contributed by atoms with Gasteiger partial charge in [0.1, 0.15) is 11.4 Å². The van der Waals surface area contributed by atoms with Crippen molar-refractivity contribution >= 4 is 17.8 Å². The van der Waals surface area contributed by atoms with Crippen LogP contribution in [0, 0.1) is 10.1 Å². The van der Waals surface area contributed by atoms with Crippen LogP contribution in [0.3, 0.4) is 0 Å². The molecule has 1 aromatic carbocycles. The van der Waals surface area contributed by atoms with E-state index < -0.39 is 16.7 Å². The zero-order valence-corrected chi connectivity index (χ0v) is 16.1. The first-order chi connectivity index (χ1) is 12.7. The lowest BCUT2D eigenvalue weighted by Crippen LogP contribution is -2.23. The Morgan fingerprint density at radius 2 is 1.59 bits per heavy atom. The Kier molecular flexibility index (Phi) is 9.25. The summed E-state index contributed by atoms with van der Waals surface area (Å²) in [5.74, 6) is 0.00701. The molecule has 0 aliphatic carbocycles. The van der Waals surface area contributed by atoms with Gasteiger partial charge >= 0.3 is 12.1 Å². The third kappa shape index (κ3) is 10.8. The van der Waals surface area contributed by atoms with Gasteiger partial charge < -0.3 is 14.2 Å². The SMILES string of the molecule is CC(C)(C)OC(=O)CCCCCCCOC(=O)Oc1ccc([N+](=O)[O-])cc1. The lowest BCUT2D eigenvalue weighted by molar-refractivity contribution is -0.384. The second kappa shape index (κ2) is 11.2. The van der Waals surface area contributed by atoms with Gasteiger partial charge in [0.2, 0.25) is 0 Å². The number of unbranched alkanes of at least 4 members (excludes halogenated alkanes) is 4. The lowest BCUT2D eigenvalue weighted by atomic mass is 10.1. The third-order valence-corrected chi connectivity index (χ3v) is 3.41. The summed E-state index contributed by atoms with van der Waals surface area (Å²) < 4.78 is 15.1. The van der Waals surface area contributed by atoms with Crippen molar-refractivity contribution in [2.45, 2.75) is 64.9 Å². The number of carbonyl (C=O) groups is 2. The van der Waals surface area contributed by atoms with Gasteiger partial charge in [0.05, 0.1) is 11.5 Å². The average Bonchev–Trinajstić information content (AvgIpc) is 2.56. The highest BCUT2D eigenvalue weighted by Crippen LogP contribution is 2.18. The van der Waals surface area contributed by atoms with E-state index in [0.717, 1.165) is 25.7 Å². The molecule has 0 saturated heterocycles. The second-order valence-electron chi connectivity index (χ2n) is 7.06. The number of ether oxygens (including phenoxy) is 3. The molecule has 1 aromatic rings. The minimum absolute atomic E-state index is 0.0811. The van der Waals surface area contributed by atoms with Gasteiger partial charge in [0.25, 0.3) is 5.69 Å². The fourth-order valence-electron chi connectivity index (χ4n) is 2.21. The monoisotopic (exact) mass is 381 g/mol. The molecule has 0 amide bonds. The van der Waals surface area contributed by atoms with Crippen molar-refractivity contribution in [3.8, 4) is 5.75 Å². The first kappa shape index (κ1) is 22.4. The Balaban J connectivity index is 2.05. The molecule has 0 aliphatic heterocycles. The molecule has 150 valence electrons. The quantitative estimate of drug-likeness (QED) is 0.188. The molecule has 27 heavy (non-hydrogen) atoms. The molecule has 8 heteroatoms. The molecule has 0 radical (unpaired) electrons. The number of hydrogen-bond acceptors (Lipinski definition) is 7. The van der Waals surface area contributed by atoms with E-state index in [4.69, 9.17) is 14.2 Å². The first-order valence-corrected chi connectivity index (χ1v) is 8.98. The Bertz CT molecular complexity index is 620. The van der Waals surface area contributed by atoms with Crippen LogP contribution in [0.15, 0.2) is 24.3 Å². The Labute approximate surface area is 158 Å². The number of rotatable bonds is 10. The van der Waals surface area contributed by atoms with Gasteiger partial charge in [0, 0.05) is 18.6 Å². The summed E-state index contributed by atoms with van der Waals surface area (Å²) in [6.45, 7) is 5.77. The molecule has 0 saturated carbocycles. The molecule has 1 rings (SSSR count). The van der Waals surface area contributed by atoms with Crippen molar-refractivity contribution in [2.24, 2.45) is 0 Å². The van der Waals surface area contributed by atoms with Gasteiger partial charge in [-0.15, -0.1) is 0 Å². The smallest absolute Gasteiger partial charge is 0.460 e. The number of hydrogen-bond donors (Lipinski definition) is 0. The fourth-order valence-corrected chi connectivity index (χ4v) is 2.21. The lowest BCUT2D eigenvalue weighted by Gasteiger charge is -2.19. The highest BCUT2D eigenvalue weighted by Gasteiger charge is 2.15. The van der Waals surface area contributed by atoms with E-state index in [1.165, 1.54) is 24.3 Å². The van der Waals surface area contributed by atoms with Crippen LogP contribution in [0.4, 0.5) is 10.5 Å². The molecule has 0 aliphatic rings. The standard InChI is InChI=1S/C19H27NO7/c1-19(2,3)27-17(21)9-7-5-4-6-8-14-25-18(22)26-16-12-10-15(11-13-16)20(23)24/h10-13H,4-9,14H2,1-3H3. The molecule has 0 bridgehead atoms. The maximum Gasteiger partial charge on any atom is 0.513 e. The van der Waals surface area contributed by atoms with Crippen molar-refractivity contribution in [2.75, 3.05) is 6.61 Å². The summed E-state index contributed by atoms with van der Waals surface area (Å²) in [7, 11) is 0. The van der Waals surface area contributed by atoms with E-state index in [-0.39, 0.29) is 24.0 Å². The van der Waals surface area contributed by atoms with Crippen LogP contribution in [0.5, 0.6) is 5.75 Å². The number of non-ortho nitro benzene ring substituents is 1. The number of carbonyl (C=O) groups excluding carboxylic acids is 2. The topological polar surface area (TPSA) is 105 Å². The van der Waals surface area contributed by atoms with Gasteiger partial charge in [-0.3, -0.25) is 14.9 Å². The van der Waals surface area contributed by atoms with Gasteiger partial charge in [-0.2, -0.15) is 0 Å². The van der Waals surface area contributed by atoms with Crippen LogP contribution in [0.25, 0.3) is 0 Å². The van der Waals surface area contributed by atoms with Crippen molar-refractivity contribution < 1.29 is 28.7 Å². The van der Waals surface area contributed by atoms with E-state index in [1.54, 1.807) is 0 Å². The van der Waals surface area contributed by atoms with Crippen molar-refractivity contribution in [3.05, 3.63) is 34.4 Å². The fraction of sp³-hybridized carbons (Fsp3) is 0.579. The highest BCUT2D eigenvalue weighted by molar-refractivity contribution is 5.69. The predicted molar refractivity (Wildman–Crippen MR) is 98.6 cm³/mol. The Hall–Kier alpha value is -2.64. The minimum atomic E-state index is -0.839. The first-order valence-electron chi connectivity index (χ1n) is 8.98. The van der Waals surface area contributed by atoms with Crippen LogP contribution in [-0.4, -0.2) is 29.3 Å². The second-order valence-corrected chi connectivity index (χ2v) is 7.06. The summed E-state index contributed by atoms with van der Waals surface area (Å²) in [6, 6.07) is 5.17. The normalized spacial score (nSPS) is 10.9.